The average molecular weight is 439 g/mol. The lowest BCUT2D eigenvalue weighted by atomic mass is 9.60. The van der Waals surface area contributed by atoms with Gasteiger partial charge in [0.2, 0.25) is 0 Å². The Morgan fingerprint density at radius 3 is 2.12 bits per heavy atom. The third-order valence-corrected chi connectivity index (χ3v) is 8.79. The van der Waals surface area contributed by atoms with Crippen molar-refractivity contribution in [2.24, 2.45) is 35.5 Å². The largest absolute Gasteiger partial charge is 0.497 e. The minimum absolute atomic E-state index is 0.0476. The van der Waals surface area contributed by atoms with E-state index < -0.39 is 0 Å². The van der Waals surface area contributed by atoms with E-state index in [1.54, 1.807) is 7.11 Å². The van der Waals surface area contributed by atoms with Crippen LogP contribution in [0.1, 0.15) is 84.0 Å². The summed E-state index contributed by atoms with van der Waals surface area (Å²) < 4.78 is 10.8. The van der Waals surface area contributed by atoms with Gasteiger partial charge in [-0.05, 0) is 131 Å². The van der Waals surface area contributed by atoms with Crippen molar-refractivity contribution in [1.29, 1.82) is 0 Å². The number of hydrogen-bond acceptors (Lipinski definition) is 3. The Balaban J connectivity index is 1.20. The highest BCUT2D eigenvalue weighted by Gasteiger charge is 2.39. The lowest BCUT2D eigenvalue weighted by Gasteiger charge is -2.45. The molecule has 3 aliphatic rings. The van der Waals surface area contributed by atoms with Gasteiger partial charge in [0.15, 0.2) is 0 Å². The molecule has 0 amide bonds. The highest BCUT2D eigenvalue weighted by atomic mass is 16.5. The van der Waals surface area contributed by atoms with Crippen LogP contribution in [0.25, 0.3) is 0 Å². The molecule has 3 fully saturated rings. The number of allylic oxidation sites excluding steroid dienone is 2. The van der Waals surface area contributed by atoms with Gasteiger partial charge in [0, 0.05) is 0 Å². The van der Waals surface area contributed by atoms with Crippen LogP contribution in [-0.2, 0) is 4.79 Å². The van der Waals surface area contributed by atoms with Crippen molar-refractivity contribution in [1.82, 2.24) is 0 Å². The van der Waals surface area contributed by atoms with Crippen LogP contribution in [0.2, 0.25) is 0 Å². The first kappa shape index (κ1) is 23.4. The van der Waals surface area contributed by atoms with E-state index in [-0.39, 0.29) is 11.9 Å². The molecule has 0 aliphatic heterocycles. The van der Waals surface area contributed by atoms with E-state index in [2.05, 4.69) is 19.1 Å². The van der Waals surface area contributed by atoms with Crippen molar-refractivity contribution in [3.8, 4) is 11.5 Å². The van der Waals surface area contributed by atoms with Crippen molar-refractivity contribution >= 4 is 5.97 Å². The summed E-state index contributed by atoms with van der Waals surface area (Å²) in [6.45, 7) is 2.13. The second kappa shape index (κ2) is 11.4. The number of hydrogen-bond donors (Lipinski definition) is 0. The maximum Gasteiger partial charge on any atom is 0.314 e. The quantitative estimate of drug-likeness (QED) is 0.250. The highest BCUT2D eigenvalue weighted by Crippen LogP contribution is 2.49. The number of fused-ring (bicyclic) bond motifs is 1. The monoisotopic (exact) mass is 438 g/mol. The summed E-state index contributed by atoms with van der Waals surface area (Å²) in [5.41, 5.74) is 0. The fourth-order valence-electron chi connectivity index (χ4n) is 6.88. The fraction of sp³-hybridized carbons (Fsp3) is 0.690. The van der Waals surface area contributed by atoms with Gasteiger partial charge >= 0.3 is 5.97 Å². The molecule has 3 nitrogen and oxygen atoms in total. The SMILES string of the molecule is C/C=C/CCC1CCC2CC(C3CCC(C(=O)Oc4ccc(OC)cc4)CC3)CCC2C1. The zero-order valence-corrected chi connectivity index (χ0v) is 20.1. The van der Waals surface area contributed by atoms with Crippen molar-refractivity contribution in [2.45, 2.75) is 84.0 Å². The number of methoxy groups -OCH3 is 1. The molecule has 1 aromatic rings. The van der Waals surface area contributed by atoms with Gasteiger partial charge in [-0.25, -0.2) is 0 Å². The van der Waals surface area contributed by atoms with Gasteiger partial charge in [0.05, 0.1) is 13.0 Å². The number of benzene rings is 1. The Morgan fingerprint density at radius 2 is 1.44 bits per heavy atom. The molecule has 3 heteroatoms. The molecule has 32 heavy (non-hydrogen) atoms. The van der Waals surface area contributed by atoms with Crippen LogP contribution in [-0.4, -0.2) is 13.1 Å². The van der Waals surface area contributed by atoms with Gasteiger partial charge < -0.3 is 9.47 Å². The van der Waals surface area contributed by atoms with E-state index in [4.69, 9.17) is 9.47 Å². The Bertz CT molecular complexity index is 744. The number of rotatable bonds is 7. The molecular weight excluding hydrogens is 396 g/mol. The summed E-state index contributed by atoms with van der Waals surface area (Å²) in [5.74, 6) is 6.08. The van der Waals surface area contributed by atoms with Gasteiger partial charge in [0.1, 0.15) is 11.5 Å². The Kier molecular flexibility index (Phi) is 8.32. The van der Waals surface area contributed by atoms with E-state index in [9.17, 15) is 4.79 Å². The predicted molar refractivity (Wildman–Crippen MR) is 130 cm³/mol. The van der Waals surface area contributed by atoms with Crippen LogP contribution >= 0.6 is 0 Å². The molecular formula is C29H42O3. The van der Waals surface area contributed by atoms with E-state index in [0.717, 1.165) is 48.2 Å². The summed E-state index contributed by atoms with van der Waals surface area (Å²) >= 11 is 0. The Labute approximate surface area is 195 Å². The van der Waals surface area contributed by atoms with Gasteiger partial charge in [0.25, 0.3) is 0 Å². The van der Waals surface area contributed by atoms with Crippen molar-refractivity contribution < 1.29 is 14.3 Å². The molecule has 4 rings (SSSR count). The molecule has 0 heterocycles. The topological polar surface area (TPSA) is 35.5 Å². The molecule has 0 aromatic heterocycles. The number of carbonyl (C=O) groups is 1. The molecule has 0 N–H and O–H groups in total. The smallest absolute Gasteiger partial charge is 0.314 e. The van der Waals surface area contributed by atoms with Crippen molar-refractivity contribution in [2.75, 3.05) is 7.11 Å². The third-order valence-electron chi connectivity index (χ3n) is 8.79. The van der Waals surface area contributed by atoms with Crippen LogP contribution in [0.15, 0.2) is 36.4 Å². The molecule has 4 unspecified atom stereocenters. The normalized spacial score (nSPS) is 32.9. The molecule has 0 spiro atoms. The summed E-state index contributed by atoms with van der Waals surface area (Å²) in [5, 5.41) is 0. The zero-order valence-electron chi connectivity index (χ0n) is 20.1. The van der Waals surface area contributed by atoms with Gasteiger partial charge in [-0.1, -0.05) is 18.6 Å². The van der Waals surface area contributed by atoms with Crippen LogP contribution in [0, 0.1) is 35.5 Å². The first-order valence-electron chi connectivity index (χ1n) is 13.1. The summed E-state index contributed by atoms with van der Waals surface area (Å²) in [6.07, 6.45) is 20.3. The second-order valence-electron chi connectivity index (χ2n) is 10.6. The van der Waals surface area contributed by atoms with Gasteiger partial charge in [-0.2, -0.15) is 0 Å². The molecule has 0 bridgehead atoms. The minimum Gasteiger partial charge on any atom is -0.497 e. The van der Waals surface area contributed by atoms with Crippen LogP contribution in [0.5, 0.6) is 11.5 Å². The standard InChI is InChI=1S/C29H42O3/c1-3-4-5-6-21-7-8-26-20-25(14-13-24(26)19-21)22-9-11-23(12-10-22)29(30)32-28-17-15-27(31-2)16-18-28/h3-4,15-18,21-26H,5-14,19-20H2,1-2H3/b4-3+. The summed E-state index contributed by atoms with van der Waals surface area (Å²) in [7, 11) is 1.64. The lowest BCUT2D eigenvalue weighted by molar-refractivity contribution is -0.140. The van der Waals surface area contributed by atoms with Crippen molar-refractivity contribution in [3.63, 3.8) is 0 Å². The molecule has 176 valence electrons. The highest BCUT2D eigenvalue weighted by molar-refractivity contribution is 5.75. The third kappa shape index (κ3) is 5.97. The van der Waals surface area contributed by atoms with E-state index in [1.807, 2.05) is 24.3 Å². The first-order valence-corrected chi connectivity index (χ1v) is 13.1. The van der Waals surface area contributed by atoms with E-state index in [0.29, 0.717) is 5.75 Å². The summed E-state index contributed by atoms with van der Waals surface area (Å²) in [4.78, 5) is 12.7. The van der Waals surface area contributed by atoms with Crippen molar-refractivity contribution in [3.05, 3.63) is 36.4 Å². The molecule has 3 aliphatic carbocycles. The zero-order chi connectivity index (χ0) is 22.3. The van der Waals surface area contributed by atoms with Gasteiger partial charge in [-0.3, -0.25) is 4.79 Å². The number of esters is 1. The fourth-order valence-corrected chi connectivity index (χ4v) is 6.88. The van der Waals surface area contributed by atoms with Crippen LogP contribution < -0.4 is 9.47 Å². The number of carbonyl (C=O) groups excluding carboxylic acids is 1. The summed E-state index contributed by atoms with van der Waals surface area (Å²) in [6, 6.07) is 7.31. The molecule has 0 saturated heterocycles. The Morgan fingerprint density at radius 1 is 0.844 bits per heavy atom. The minimum atomic E-state index is -0.0476. The second-order valence-corrected chi connectivity index (χ2v) is 10.6. The molecule has 1 aromatic carbocycles. The van der Waals surface area contributed by atoms with Crippen LogP contribution in [0.4, 0.5) is 0 Å². The Hall–Kier alpha value is -1.77. The lowest BCUT2D eigenvalue weighted by Crippen LogP contribution is -2.35. The molecule has 4 atom stereocenters. The average Bonchev–Trinajstić information content (AvgIpc) is 2.84. The predicted octanol–water partition coefficient (Wildman–Crippen LogP) is 7.60. The van der Waals surface area contributed by atoms with Gasteiger partial charge in [-0.15, -0.1) is 0 Å². The van der Waals surface area contributed by atoms with E-state index >= 15 is 0 Å². The number of ether oxygens (including phenoxy) is 2. The molecule has 0 radical (unpaired) electrons. The maximum atomic E-state index is 12.7. The maximum absolute atomic E-state index is 12.7. The van der Waals surface area contributed by atoms with Crippen LogP contribution in [0.3, 0.4) is 0 Å². The van der Waals surface area contributed by atoms with E-state index in [1.165, 1.54) is 64.2 Å². The molecule has 3 saturated carbocycles. The first-order chi connectivity index (χ1) is 15.7.